The summed E-state index contributed by atoms with van der Waals surface area (Å²) in [7, 11) is 0. The maximum absolute atomic E-state index is 12.7. The number of piperidine rings is 1. The van der Waals surface area contributed by atoms with E-state index in [-0.39, 0.29) is 18.4 Å². The molecule has 0 unspecified atom stereocenters. The van der Waals surface area contributed by atoms with Gasteiger partial charge in [-0.05, 0) is 51.2 Å². The fraction of sp³-hybridized carbons (Fsp3) is 0.571. The number of amides is 2. The number of thioether (sulfide) groups is 1. The Bertz CT molecular complexity index is 859. The lowest BCUT2D eigenvalue weighted by atomic mass is 10.0. The van der Waals surface area contributed by atoms with E-state index in [9.17, 15) is 9.59 Å². The van der Waals surface area contributed by atoms with Gasteiger partial charge in [-0.1, -0.05) is 23.9 Å². The van der Waals surface area contributed by atoms with Crippen LogP contribution in [0.4, 0.5) is 0 Å². The summed E-state index contributed by atoms with van der Waals surface area (Å²) in [5.74, 6) is 0.672. The molecule has 0 N–H and O–H groups in total. The van der Waals surface area contributed by atoms with Gasteiger partial charge in [-0.3, -0.25) is 9.59 Å². The molecule has 2 aliphatic rings. The Morgan fingerprint density at radius 3 is 2.61 bits per heavy atom. The van der Waals surface area contributed by atoms with Crippen LogP contribution in [0.1, 0.15) is 39.0 Å². The quantitative estimate of drug-likeness (QED) is 0.724. The Morgan fingerprint density at radius 1 is 1.07 bits per heavy atom. The molecule has 1 aromatic heterocycles. The average Bonchev–Trinajstić information content (AvgIpc) is 3.35. The first-order valence-electron chi connectivity index (χ1n) is 10.3. The van der Waals surface area contributed by atoms with Crippen molar-refractivity contribution in [2.24, 2.45) is 0 Å². The lowest BCUT2D eigenvalue weighted by molar-refractivity contribution is -0.131. The maximum atomic E-state index is 12.7. The van der Waals surface area contributed by atoms with Gasteiger partial charge in [0.1, 0.15) is 6.54 Å². The number of aromatic nitrogens is 2. The summed E-state index contributed by atoms with van der Waals surface area (Å²) in [4.78, 5) is 34.1. The molecule has 7 heteroatoms. The summed E-state index contributed by atoms with van der Waals surface area (Å²) >= 11 is 1.45. The van der Waals surface area contributed by atoms with E-state index in [1.54, 1.807) is 0 Å². The monoisotopic (exact) mass is 400 g/mol. The molecule has 150 valence electrons. The molecule has 2 amide bonds. The zero-order valence-corrected chi connectivity index (χ0v) is 17.3. The van der Waals surface area contributed by atoms with Crippen molar-refractivity contribution in [3.8, 4) is 0 Å². The third-order valence-electron chi connectivity index (χ3n) is 5.82. The molecule has 0 aliphatic carbocycles. The largest absolute Gasteiger partial charge is 0.341 e. The predicted octanol–water partition coefficient (Wildman–Crippen LogP) is 3.15. The topological polar surface area (TPSA) is 58.4 Å². The van der Waals surface area contributed by atoms with Crippen LogP contribution in [0.3, 0.4) is 0 Å². The number of imidazole rings is 1. The van der Waals surface area contributed by atoms with E-state index < -0.39 is 0 Å². The zero-order valence-electron chi connectivity index (χ0n) is 16.5. The Kier molecular flexibility index (Phi) is 5.90. The number of benzene rings is 1. The van der Waals surface area contributed by atoms with Crippen LogP contribution in [0, 0.1) is 0 Å². The van der Waals surface area contributed by atoms with E-state index in [0.29, 0.717) is 11.8 Å². The first kappa shape index (κ1) is 19.3. The second-order valence-corrected chi connectivity index (χ2v) is 8.72. The van der Waals surface area contributed by atoms with E-state index in [2.05, 4.69) is 6.92 Å². The summed E-state index contributed by atoms with van der Waals surface area (Å²) in [6, 6.07) is 8.20. The van der Waals surface area contributed by atoms with Crippen LogP contribution in [0.25, 0.3) is 11.0 Å². The lowest BCUT2D eigenvalue weighted by Gasteiger charge is -2.33. The molecule has 2 aliphatic heterocycles. The number of para-hydroxylation sites is 2. The van der Waals surface area contributed by atoms with Crippen molar-refractivity contribution in [2.45, 2.75) is 56.8 Å². The highest BCUT2D eigenvalue weighted by atomic mass is 32.2. The van der Waals surface area contributed by atoms with Crippen LogP contribution in [0.5, 0.6) is 0 Å². The van der Waals surface area contributed by atoms with Gasteiger partial charge in [-0.2, -0.15) is 0 Å². The van der Waals surface area contributed by atoms with Crippen molar-refractivity contribution in [2.75, 3.05) is 25.4 Å². The van der Waals surface area contributed by atoms with Gasteiger partial charge < -0.3 is 14.4 Å². The van der Waals surface area contributed by atoms with E-state index in [4.69, 9.17) is 4.98 Å². The van der Waals surface area contributed by atoms with Crippen molar-refractivity contribution >= 4 is 34.6 Å². The smallest absolute Gasteiger partial charge is 0.242 e. The van der Waals surface area contributed by atoms with E-state index in [1.807, 2.05) is 38.6 Å². The molecule has 0 saturated carbocycles. The van der Waals surface area contributed by atoms with Crippen LogP contribution in [-0.2, 0) is 16.1 Å². The minimum Gasteiger partial charge on any atom is -0.341 e. The van der Waals surface area contributed by atoms with Crippen molar-refractivity contribution in [1.29, 1.82) is 0 Å². The number of hydrogen-bond acceptors (Lipinski definition) is 4. The van der Waals surface area contributed by atoms with Gasteiger partial charge in [0.05, 0.1) is 16.8 Å². The van der Waals surface area contributed by atoms with Crippen molar-refractivity contribution in [3.63, 3.8) is 0 Å². The van der Waals surface area contributed by atoms with Crippen molar-refractivity contribution in [3.05, 3.63) is 24.3 Å². The maximum Gasteiger partial charge on any atom is 0.242 e. The number of fused-ring (bicyclic) bond motifs is 1. The highest BCUT2D eigenvalue weighted by Crippen LogP contribution is 2.26. The summed E-state index contributed by atoms with van der Waals surface area (Å²) in [5, 5.41) is 0.756. The Morgan fingerprint density at radius 2 is 1.82 bits per heavy atom. The van der Waals surface area contributed by atoms with E-state index >= 15 is 0 Å². The molecular weight excluding hydrogens is 372 g/mol. The SMILES string of the molecule is C[C@@H]1CCCCN1C(=O)CSc1nc2ccccc2n1CC(=O)N1CCCC1. The van der Waals surface area contributed by atoms with Gasteiger partial charge in [0.25, 0.3) is 0 Å². The van der Waals surface area contributed by atoms with Crippen LogP contribution >= 0.6 is 11.8 Å². The van der Waals surface area contributed by atoms with Crippen LogP contribution in [0.2, 0.25) is 0 Å². The molecule has 0 bridgehead atoms. The van der Waals surface area contributed by atoms with Gasteiger partial charge in [0.2, 0.25) is 11.8 Å². The van der Waals surface area contributed by atoms with Gasteiger partial charge in [-0.15, -0.1) is 0 Å². The van der Waals surface area contributed by atoms with Crippen LogP contribution < -0.4 is 0 Å². The van der Waals surface area contributed by atoms with Crippen molar-refractivity contribution < 1.29 is 9.59 Å². The van der Waals surface area contributed by atoms with Crippen LogP contribution in [-0.4, -0.2) is 62.6 Å². The Hall–Kier alpha value is -2.02. The summed E-state index contributed by atoms with van der Waals surface area (Å²) in [5.41, 5.74) is 1.83. The molecule has 6 nitrogen and oxygen atoms in total. The number of carbonyl (C=O) groups is 2. The number of hydrogen-bond donors (Lipinski definition) is 0. The zero-order chi connectivity index (χ0) is 19.5. The molecule has 2 fully saturated rings. The molecule has 0 spiro atoms. The predicted molar refractivity (Wildman–Crippen MR) is 111 cm³/mol. The first-order chi connectivity index (χ1) is 13.6. The Labute approximate surface area is 170 Å². The van der Waals surface area contributed by atoms with Gasteiger partial charge >= 0.3 is 0 Å². The highest BCUT2D eigenvalue weighted by Gasteiger charge is 2.25. The molecule has 2 aromatic rings. The second-order valence-electron chi connectivity index (χ2n) is 7.78. The van der Waals surface area contributed by atoms with Crippen molar-refractivity contribution in [1.82, 2.24) is 19.4 Å². The molecule has 1 aromatic carbocycles. The fourth-order valence-electron chi connectivity index (χ4n) is 4.20. The molecule has 0 radical (unpaired) electrons. The first-order valence-corrected chi connectivity index (χ1v) is 11.3. The summed E-state index contributed by atoms with van der Waals surface area (Å²) in [6.07, 6.45) is 5.54. The standard InChI is InChI=1S/C21H28N4O2S/c1-16-8-4-5-13-24(16)20(27)15-28-21-22-17-9-2-3-10-18(17)25(21)14-19(26)23-11-6-7-12-23/h2-3,9-10,16H,4-8,11-15H2,1H3/t16-/m1/s1. The van der Waals surface area contributed by atoms with Gasteiger partial charge in [0, 0.05) is 25.7 Å². The molecule has 3 heterocycles. The normalized spacial score (nSPS) is 20.1. The number of rotatable bonds is 5. The molecule has 28 heavy (non-hydrogen) atoms. The fourth-order valence-corrected chi connectivity index (χ4v) is 5.10. The van der Waals surface area contributed by atoms with Crippen LogP contribution in [0.15, 0.2) is 29.4 Å². The van der Waals surface area contributed by atoms with Gasteiger partial charge in [0.15, 0.2) is 5.16 Å². The highest BCUT2D eigenvalue weighted by molar-refractivity contribution is 7.99. The number of nitrogens with zero attached hydrogens (tertiary/aromatic N) is 4. The summed E-state index contributed by atoms with van der Waals surface area (Å²) in [6.45, 7) is 4.96. The minimum atomic E-state index is 0.137. The van der Waals surface area contributed by atoms with E-state index in [0.717, 1.165) is 61.5 Å². The Balaban J connectivity index is 1.51. The third-order valence-corrected chi connectivity index (χ3v) is 6.78. The average molecular weight is 401 g/mol. The molecular formula is C21H28N4O2S. The van der Waals surface area contributed by atoms with E-state index in [1.165, 1.54) is 18.2 Å². The summed E-state index contributed by atoms with van der Waals surface area (Å²) < 4.78 is 1.98. The third kappa shape index (κ3) is 4.04. The molecule has 2 saturated heterocycles. The molecule has 1 atom stereocenters. The van der Waals surface area contributed by atoms with Gasteiger partial charge in [-0.25, -0.2) is 4.98 Å². The number of carbonyl (C=O) groups excluding carboxylic acids is 2. The minimum absolute atomic E-state index is 0.137. The second kappa shape index (κ2) is 8.55. The lowest BCUT2D eigenvalue weighted by Crippen LogP contribution is -2.43. The molecule has 4 rings (SSSR count). The number of likely N-dealkylation sites (tertiary alicyclic amines) is 2.